The Morgan fingerprint density at radius 3 is 2.93 bits per heavy atom. The van der Waals surface area contributed by atoms with Crippen LogP contribution in [0.1, 0.15) is 65.9 Å². The lowest BCUT2D eigenvalue weighted by molar-refractivity contribution is -0.0730. The van der Waals surface area contributed by atoms with Crippen LogP contribution in [0.5, 0.6) is 6.01 Å². The topological polar surface area (TPSA) is 80.6 Å². The minimum absolute atomic E-state index is 0.281. The van der Waals surface area contributed by atoms with Crippen LogP contribution in [0.2, 0.25) is 10.0 Å². The number of nitrogens with one attached hydrogen (secondary N) is 1. The summed E-state index contributed by atoms with van der Waals surface area (Å²) in [4.78, 5) is 14.6. The van der Waals surface area contributed by atoms with Crippen molar-refractivity contribution in [3.8, 4) is 6.01 Å². The predicted octanol–water partition coefficient (Wildman–Crippen LogP) is 4.98. The number of alkyl halides is 1. The van der Waals surface area contributed by atoms with Gasteiger partial charge in [-0.05, 0) is 62.9 Å². The number of hydrogen-bond acceptors (Lipinski definition) is 8. The van der Waals surface area contributed by atoms with E-state index in [0.29, 0.717) is 56.7 Å². The average molecular weight is 643 g/mol. The van der Waals surface area contributed by atoms with Crippen LogP contribution in [0.4, 0.5) is 10.2 Å². The molecule has 1 aliphatic carbocycles. The second-order valence-electron chi connectivity index (χ2n) is 13.1. The Balaban J connectivity index is 1.16. The maximum atomic E-state index is 14.5. The van der Waals surface area contributed by atoms with Gasteiger partial charge in [0.2, 0.25) is 0 Å². The molecule has 234 valence electrons. The van der Waals surface area contributed by atoms with Gasteiger partial charge in [0.1, 0.15) is 18.6 Å². The van der Waals surface area contributed by atoms with Crippen molar-refractivity contribution in [1.29, 1.82) is 0 Å². The monoisotopic (exact) mass is 641 g/mol. The van der Waals surface area contributed by atoms with Crippen LogP contribution in [0.25, 0.3) is 0 Å². The molecule has 12 heteroatoms. The maximum absolute atomic E-state index is 14.5. The summed E-state index contributed by atoms with van der Waals surface area (Å²) in [5.74, 6) is 0.820. The number of anilines is 1. The van der Waals surface area contributed by atoms with Gasteiger partial charge in [-0.3, -0.25) is 9.58 Å². The Bertz CT molecular complexity index is 1600. The van der Waals surface area contributed by atoms with E-state index in [1.807, 2.05) is 23.9 Å². The van der Waals surface area contributed by atoms with E-state index >= 15 is 0 Å². The van der Waals surface area contributed by atoms with Crippen molar-refractivity contribution >= 4 is 29.0 Å². The number of nitrogens with zero attached hydrogens (tertiary/aromatic N) is 6. The first-order valence-corrected chi connectivity index (χ1v) is 16.6. The maximum Gasteiger partial charge on any atom is 0.318 e. The third kappa shape index (κ3) is 4.71. The Hall–Kier alpha value is -2.50. The Kier molecular flexibility index (Phi) is 7.29. The van der Waals surface area contributed by atoms with Crippen LogP contribution < -0.4 is 15.0 Å². The molecule has 5 aliphatic rings. The van der Waals surface area contributed by atoms with Crippen molar-refractivity contribution in [2.75, 3.05) is 38.2 Å². The summed E-state index contributed by atoms with van der Waals surface area (Å²) >= 11 is 13.5. The number of rotatable bonds is 6. The lowest BCUT2D eigenvalue weighted by Crippen LogP contribution is -2.43. The van der Waals surface area contributed by atoms with Crippen LogP contribution in [0.15, 0.2) is 18.2 Å². The molecule has 1 N–H and O–H groups in total. The lowest BCUT2D eigenvalue weighted by Gasteiger charge is -2.37. The van der Waals surface area contributed by atoms with Gasteiger partial charge in [0.15, 0.2) is 0 Å². The van der Waals surface area contributed by atoms with Gasteiger partial charge in [0.25, 0.3) is 0 Å². The van der Waals surface area contributed by atoms with Crippen molar-refractivity contribution in [2.24, 2.45) is 0 Å². The molecule has 3 aromatic rings. The largest absolute Gasteiger partial charge is 0.461 e. The Morgan fingerprint density at radius 2 is 2.05 bits per heavy atom. The Morgan fingerprint density at radius 1 is 1.14 bits per heavy atom. The third-order valence-electron chi connectivity index (χ3n) is 10.5. The van der Waals surface area contributed by atoms with Crippen molar-refractivity contribution < 1.29 is 13.9 Å². The van der Waals surface area contributed by atoms with Gasteiger partial charge in [-0.15, -0.1) is 0 Å². The van der Waals surface area contributed by atoms with Crippen LogP contribution in [0, 0.1) is 0 Å². The summed E-state index contributed by atoms with van der Waals surface area (Å²) < 4.78 is 29.8. The SMILES string of the molecule is CNCc1nn2c(c1Cl)CN(c1nc(OC[C@@]34CCCN3C[C@H](F)C4)nc3c1CO[C@@]1(CCc4c(Cl)cccc41)C3)CCC2. The molecular weight excluding hydrogens is 604 g/mol. The van der Waals surface area contributed by atoms with E-state index in [4.69, 9.17) is 47.7 Å². The van der Waals surface area contributed by atoms with Gasteiger partial charge in [-0.2, -0.15) is 15.1 Å². The van der Waals surface area contributed by atoms with Crippen molar-refractivity contribution in [3.63, 3.8) is 0 Å². The Labute approximate surface area is 267 Å². The second kappa shape index (κ2) is 11.1. The zero-order chi connectivity index (χ0) is 30.1. The van der Waals surface area contributed by atoms with Crippen molar-refractivity contribution in [2.45, 2.75) is 88.5 Å². The summed E-state index contributed by atoms with van der Waals surface area (Å²) in [6, 6.07) is 6.45. The van der Waals surface area contributed by atoms with Gasteiger partial charge < -0.3 is 19.7 Å². The number of benzene rings is 1. The smallest absolute Gasteiger partial charge is 0.318 e. The van der Waals surface area contributed by atoms with Gasteiger partial charge >= 0.3 is 6.01 Å². The average Bonchev–Trinajstić information content (AvgIpc) is 3.69. The van der Waals surface area contributed by atoms with Crippen LogP contribution in [-0.4, -0.2) is 69.6 Å². The first kappa shape index (κ1) is 28.9. The number of hydrogen-bond donors (Lipinski definition) is 1. The molecule has 1 spiro atoms. The van der Waals surface area contributed by atoms with Crippen LogP contribution in [0.3, 0.4) is 0 Å². The number of fused-ring (bicyclic) bond motifs is 5. The summed E-state index contributed by atoms with van der Waals surface area (Å²) in [6.45, 7) is 4.94. The number of ether oxygens (including phenoxy) is 2. The van der Waals surface area contributed by atoms with Crippen molar-refractivity contribution in [3.05, 3.63) is 62.0 Å². The van der Waals surface area contributed by atoms with Gasteiger partial charge in [0, 0.05) is 49.6 Å². The predicted molar refractivity (Wildman–Crippen MR) is 166 cm³/mol. The highest BCUT2D eigenvalue weighted by Crippen LogP contribution is 2.49. The number of aromatic nitrogens is 4. The first-order chi connectivity index (χ1) is 21.4. The van der Waals surface area contributed by atoms with Crippen LogP contribution in [-0.2, 0) is 49.4 Å². The molecule has 2 saturated heterocycles. The first-order valence-electron chi connectivity index (χ1n) is 15.9. The zero-order valence-electron chi connectivity index (χ0n) is 25.0. The van der Waals surface area contributed by atoms with Gasteiger partial charge in [-0.25, -0.2) is 4.39 Å². The van der Waals surface area contributed by atoms with E-state index in [-0.39, 0.29) is 5.54 Å². The van der Waals surface area contributed by atoms with E-state index in [9.17, 15) is 4.39 Å². The molecule has 6 heterocycles. The molecule has 4 aliphatic heterocycles. The summed E-state index contributed by atoms with van der Waals surface area (Å²) in [5, 5.41) is 9.44. The zero-order valence-corrected chi connectivity index (χ0v) is 26.6. The summed E-state index contributed by atoms with van der Waals surface area (Å²) in [7, 11) is 1.90. The normalized spacial score (nSPS) is 27.7. The van der Waals surface area contributed by atoms with Gasteiger partial charge in [-0.1, -0.05) is 35.3 Å². The molecule has 3 atom stereocenters. The third-order valence-corrected chi connectivity index (χ3v) is 11.2. The summed E-state index contributed by atoms with van der Waals surface area (Å²) in [5.41, 5.74) is 5.33. The fraction of sp³-hybridized carbons (Fsp3) is 0.594. The molecule has 2 fully saturated rings. The fourth-order valence-corrected chi connectivity index (χ4v) is 8.86. The van der Waals surface area contributed by atoms with Crippen molar-refractivity contribution in [1.82, 2.24) is 30.0 Å². The summed E-state index contributed by atoms with van der Waals surface area (Å²) in [6.07, 6.45) is 4.92. The van der Waals surface area contributed by atoms with E-state index in [0.717, 1.165) is 90.8 Å². The fourth-order valence-electron chi connectivity index (χ4n) is 8.33. The number of aryl methyl sites for hydroxylation is 1. The molecule has 0 unspecified atom stereocenters. The standard InChI is InChI=1S/C32H38Cl2FN7O2/c1-36-15-26-28(34)27-17-40(10-4-12-42(27)39-26)29-22-18-44-32(9-7-21-23(32)5-2-6-24(21)33)14-25(22)37-30(38-29)43-19-31-8-3-11-41(31)16-20(35)13-31/h2,5-6,20,36H,3-4,7-19H2,1H3/t20-,31+,32+/m1/s1. The molecule has 0 amide bonds. The minimum atomic E-state index is -0.815. The second-order valence-corrected chi connectivity index (χ2v) is 13.9. The van der Waals surface area contributed by atoms with Crippen LogP contribution >= 0.6 is 23.2 Å². The molecular formula is C32H38Cl2FN7O2. The number of halogens is 3. The highest BCUT2D eigenvalue weighted by Gasteiger charge is 2.50. The van der Waals surface area contributed by atoms with E-state index in [1.54, 1.807) is 0 Å². The van der Waals surface area contributed by atoms with E-state index < -0.39 is 11.8 Å². The minimum Gasteiger partial charge on any atom is -0.461 e. The van der Waals surface area contributed by atoms with E-state index in [2.05, 4.69) is 21.2 Å². The highest BCUT2D eigenvalue weighted by atomic mass is 35.5. The quantitative estimate of drug-likeness (QED) is 0.404. The van der Waals surface area contributed by atoms with E-state index in [1.165, 1.54) is 5.56 Å². The molecule has 0 radical (unpaired) electrons. The molecule has 2 aromatic heterocycles. The molecule has 44 heavy (non-hydrogen) atoms. The molecule has 0 bridgehead atoms. The lowest BCUT2D eigenvalue weighted by atomic mass is 9.87. The molecule has 1 aromatic carbocycles. The van der Waals surface area contributed by atoms with Gasteiger partial charge in [0.05, 0.1) is 46.4 Å². The molecule has 0 saturated carbocycles. The highest BCUT2D eigenvalue weighted by molar-refractivity contribution is 6.32. The molecule has 9 nitrogen and oxygen atoms in total. The molecule has 8 rings (SSSR count).